The van der Waals surface area contributed by atoms with Gasteiger partial charge in [0.1, 0.15) is 0 Å². The van der Waals surface area contributed by atoms with Gasteiger partial charge < -0.3 is 10.6 Å². The van der Waals surface area contributed by atoms with Crippen molar-refractivity contribution < 1.29 is 8.42 Å². The molecule has 0 radical (unpaired) electrons. The molecule has 150 valence electrons. The van der Waals surface area contributed by atoms with Crippen LogP contribution in [-0.4, -0.2) is 57.0 Å². The number of aliphatic imine (C=N–C) groups is 1. The summed E-state index contributed by atoms with van der Waals surface area (Å²) in [6, 6.07) is 8.67. The van der Waals surface area contributed by atoms with E-state index in [1.54, 1.807) is 7.05 Å². The number of piperidine rings is 1. The molecule has 0 amide bonds. The van der Waals surface area contributed by atoms with E-state index in [1.165, 1.54) is 37.1 Å². The quantitative estimate of drug-likeness (QED) is 0.590. The van der Waals surface area contributed by atoms with Gasteiger partial charge in [-0.3, -0.25) is 9.89 Å². The minimum atomic E-state index is -2.89. The molecule has 7 heteroatoms. The second-order valence-electron chi connectivity index (χ2n) is 7.97. The third-order valence-electron chi connectivity index (χ3n) is 5.43. The Morgan fingerprint density at radius 3 is 2.59 bits per heavy atom. The number of hydrogen-bond acceptors (Lipinski definition) is 4. The highest BCUT2D eigenvalue weighted by Gasteiger charge is 2.28. The van der Waals surface area contributed by atoms with Gasteiger partial charge in [0.05, 0.1) is 11.5 Å². The Bertz CT molecular complexity index is 746. The molecule has 2 fully saturated rings. The molecule has 6 nitrogen and oxygen atoms in total. The van der Waals surface area contributed by atoms with Crippen molar-refractivity contribution in [1.29, 1.82) is 0 Å². The molecule has 2 heterocycles. The molecule has 1 aromatic rings. The zero-order valence-corrected chi connectivity index (χ0v) is 17.3. The Kier molecular flexibility index (Phi) is 6.76. The minimum Gasteiger partial charge on any atom is -0.353 e. The molecule has 2 N–H and O–H groups in total. The van der Waals surface area contributed by atoms with Crippen LogP contribution in [0.5, 0.6) is 0 Å². The van der Waals surface area contributed by atoms with Gasteiger partial charge in [0.15, 0.2) is 15.8 Å². The third-order valence-corrected chi connectivity index (χ3v) is 7.20. The number of rotatable bonds is 5. The summed E-state index contributed by atoms with van der Waals surface area (Å²) in [7, 11) is -1.18. The molecule has 0 bridgehead atoms. The zero-order chi connectivity index (χ0) is 19.3. The summed E-state index contributed by atoms with van der Waals surface area (Å²) >= 11 is 0. The van der Waals surface area contributed by atoms with Crippen LogP contribution in [0.15, 0.2) is 29.3 Å². The molecule has 2 aliphatic rings. The number of guanidine groups is 1. The predicted molar refractivity (Wildman–Crippen MR) is 111 cm³/mol. The molecule has 2 atom stereocenters. The fourth-order valence-electron chi connectivity index (χ4n) is 3.93. The molecule has 0 saturated carbocycles. The lowest BCUT2D eigenvalue weighted by Crippen LogP contribution is -2.43. The number of likely N-dealkylation sites (tertiary alicyclic amines) is 1. The van der Waals surface area contributed by atoms with Gasteiger partial charge in [0, 0.05) is 32.7 Å². The molecule has 27 heavy (non-hydrogen) atoms. The molecular weight excluding hydrogens is 360 g/mol. The number of sulfone groups is 1. The number of nitrogens with one attached hydrogen (secondary N) is 2. The van der Waals surface area contributed by atoms with Crippen molar-refractivity contribution in [2.45, 2.75) is 45.3 Å². The highest BCUT2D eigenvalue weighted by Crippen LogP contribution is 2.18. The van der Waals surface area contributed by atoms with Crippen LogP contribution in [0, 0.1) is 5.92 Å². The first-order chi connectivity index (χ1) is 12.9. The van der Waals surface area contributed by atoms with Crippen LogP contribution in [0.25, 0.3) is 0 Å². The zero-order valence-electron chi connectivity index (χ0n) is 16.4. The highest BCUT2D eigenvalue weighted by molar-refractivity contribution is 7.91. The Morgan fingerprint density at radius 1 is 1.22 bits per heavy atom. The number of hydrogen-bond donors (Lipinski definition) is 2. The normalized spacial score (nSPS) is 26.1. The van der Waals surface area contributed by atoms with Gasteiger partial charge in [0.2, 0.25) is 0 Å². The lowest BCUT2D eigenvalue weighted by molar-refractivity contribution is 0.176. The molecule has 2 unspecified atom stereocenters. The summed E-state index contributed by atoms with van der Waals surface area (Å²) in [5, 5.41) is 6.49. The molecule has 1 aromatic carbocycles. The van der Waals surface area contributed by atoms with E-state index in [0.717, 1.165) is 12.5 Å². The maximum absolute atomic E-state index is 11.6. The molecule has 0 spiro atoms. The van der Waals surface area contributed by atoms with Crippen LogP contribution in [0.1, 0.15) is 37.3 Å². The van der Waals surface area contributed by atoms with Crippen LogP contribution in [0.3, 0.4) is 0 Å². The predicted octanol–water partition coefficient (Wildman–Crippen LogP) is 1.77. The first kappa shape index (κ1) is 20.1. The van der Waals surface area contributed by atoms with Crippen LogP contribution in [0.4, 0.5) is 0 Å². The summed E-state index contributed by atoms with van der Waals surface area (Å²) in [5.41, 5.74) is 2.54. The average Bonchev–Trinajstić information content (AvgIpc) is 2.98. The molecule has 2 aliphatic heterocycles. The molecule has 3 rings (SSSR count). The van der Waals surface area contributed by atoms with Gasteiger partial charge in [-0.05, 0) is 42.9 Å². The van der Waals surface area contributed by atoms with Gasteiger partial charge in [-0.25, -0.2) is 8.42 Å². The van der Waals surface area contributed by atoms with Gasteiger partial charge in [-0.15, -0.1) is 0 Å². The third kappa shape index (κ3) is 6.21. The van der Waals surface area contributed by atoms with E-state index in [4.69, 9.17) is 0 Å². The smallest absolute Gasteiger partial charge is 0.191 e. The lowest BCUT2D eigenvalue weighted by atomic mass is 9.99. The molecule has 0 aromatic heterocycles. The SMILES string of the molecule is CN=C(NCc1ccc(CN2CCCC(C)C2)cc1)NC1CCS(=O)(=O)C1. The molecule has 2 saturated heterocycles. The first-order valence-electron chi connectivity index (χ1n) is 9.91. The topological polar surface area (TPSA) is 73.8 Å². The monoisotopic (exact) mass is 392 g/mol. The van der Waals surface area contributed by atoms with Gasteiger partial charge in [-0.2, -0.15) is 0 Å². The first-order valence-corrected chi connectivity index (χ1v) is 11.7. The Morgan fingerprint density at radius 2 is 1.96 bits per heavy atom. The molecule has 0 aliphatic carbocycles. The Labute approximate surface area is 163 Å². The summed E-state index contributed by atoms with van der Waals surface area (Å²) in [6.07, 6.45) is 3.30. The van der Waals surface area contributed by atoms with E-state index < -0.39 is 9.84 Å². The van der Waals surface area contributed by atoms with Crippen LogP contribution >= 0.6 is 0 Å². The van der Waals surface area contributed by atoms with Gasteiger partial charge in [0.25, 0.3) is 0 Å². The van der Waals surface area contributed by atoms with Crippen LogP contribution in [0.2, 0.25) is 0 Å². The second-order valence-corrected chi connectivity index (χ2v) is 10.2. The Hall–Kier alpha value is -1.60. The van der Waals surface area contributed by atoms with E-state index in [9.17, 15) is 8.42 Å². The van der Waals surface area contributed by atoms with Crippen LogP contribution in [-0.2, 0) is 22.9 Å². The summed E-state index contributed by atoms with van der Waals surface area (Å²) in [4.78, 5) is 6.75. The van der Waals surface area contributed by atoms with E-state index >= 15 is 0 Å². The Balaban J connectivity index is 1.46. The summed E-state index contributed by atoms with van der Waals surface area (Å²) in [6.45, 7) is 6.43. The van der Waals surface area contributed by atoms with Gasteiger partial charge in [-0.1, -0.05) is 31.2 Å². The standard InChI is InChI=1S/C20H32N4O2S/c1-16-4-3-10-24(13-16)14-18-7-5-17(6-8-18)12-22-20(21-2)23-19-9-11-27(25,26)15-19/h5-8,16,19H,3-4,9-15H2,1-2H3,(H2,21,22,23). The van der Waals surface area contributed by atoms with Crippen molar-refractivity contribution in [1.82, 2.24) is 15.5 Å². The number of nitrogens with zero attached hydrogens (tertiary/aromatic N) is 2. The van der Waals surface area contributed by atoms with Crippen molar-refractivity contribution in [3.8, 4) is 0 Å². The van der Waals surface area contributed by atoms with Crippen molar-refractivity contribution in [2.75, 3.05) is 31.6 Å². The van der Waals surface area contributed by atoms with Gasteiger partial charge >= 0.3 is 0 Å². The van der Waals surface area contributed by atoms with Crippen molar-refractivity contribution >= 4 is 15.8 Å². The fourth-order valence-corrected chi connectivity index (χ4v) is 5.61. The van der Waals surface area contributed by atoms with E-state index in [2.05, 4.69) is 51.7 Å². The molecular formula is C20H32N4O2S. The van der Waals surface area contributed by atoms with Crippen molar-refractivity contribution in [3.63, 3.8) is 0 Å². The average molecular weight is 393 g/mol. The largest absolute Gasteiger partial charge is 0.353 e. The summed E-state index contributed by atoms with van der Waals surface area (Å²) < 4.78 is 23.2. The summed E-state index contributed by atoms with van der Waals surface area (Å²) in [5.74, 6) is 1.91. The van der Waals surface area contributed by atoms with Crippen molar-refractivity contribution in [2.24, 2.45) is 10.9 Å². The van der Waals surface area contributed by atoms with E-state index in [1.807, 2.05) is 0 Å². The minimum absolute atomic E-state index is 0.0458. The maximum Gasteiger partial charge on any atom is 0.191 e. The van der Waals surface area contributed by atoms with E-state index in [-0.39, 0.29) is 17.5 Å². The second kappa shape index (κ2) is 9.06. The van der Waals surface area contributed by atoms with Crippen LogP contribution < -0.4 is 10.6 Å². The highest BCUT2D eigenvalue weighted by atomic mass is 32.2. The van der Waals surface area contributed by atoms with E-state index in [0.29, 0.717) is 18.9 Å². The van der Waals surface area contributed by atoms with Crippen molar-refractivity contribution in [3.05, 3.63) is 35.4 Å². The number of benzene rings is 1. The lowest BCUT2D eigenvalue weighted by Gasteiger charge is -2.30. The maximum atomic E-state index is 11.6. The fraction of sp³-hybridized carbons (Fsp3) is 0.650.